The van der Waals surface area contributed by atoms with E-state index < -0.39 is 0 Å². The Morgan fingerprint density at radius 3 is 2.52 bits per heavy atom. The third-order valence-corrected chi connectivity index (χ3v) is 3.72. The summed E-state index contributed by atoms with van der Waals surface area (Å²) >= 11 is 6.12. The highest BCUT2D eigenvalue weighted by molar-refractivity contribution is 6.30. The molecular formula is C20H24ClNO. The van der Waals surface area contributed by atoms with Crippen LogP contribution in [0.1, 0.15) is 24.0 Å². The quantitative estimate of drug-likeness (QED) is 0.485. The van der Waals surface area contributed by atoms with Crippen LogP contribution in [0.25, 0.3) is 12.2 Å². The number of halogens is 1. The van der Waals surface area contributed by atoms with E-state index in [4.69, 9.17) is 16.3 Å². The molecule has 0 bridgehead atoms. The van der Waals surface area contributed by atoms with E-state index in [1.54, 1.807) is 0 Å². The van der Waals surface area contributed by atoms with Crippen molar-refractivity contribution in [3.8, 4) is 5.75 Å². The monoisotopic (exact) mass is 329 g/mol. The summed E-state index contributed by atoms with van der Waals surface area (Å²) in [6, 6.07) is 16.0. The third-order valence-electron chi connectivity index (χ3n) is 3.48. The second-order valence-electron chi connectivity index (χ2n) is 5.79. The van der Waals surface area contributed by atoms with Crippen molar-refractivity contribution in [3.63, 3.8) is 0 Å². The van der Waals surface area contributed by atoms with Crippen molar-refractivity contribution in [2.75, 3.05) is 27.2 Å². The van der Waals surface area contributed by atoms with Gasteiger partial charge in [0, 0.05) is 10.6 Å². The molecule has 3 heteroatoms. The van der Waals surface area contributed by atoms with Crippen molar-refractivity contribution in [3.05, 3.63) is 64.7 Å². The Morgan fingerprint density at radius 2 is 1.78 bits per heavy atom. The van der Waals surface area contributed by atoms with E-state index in [-0.39, 0.29) is 0 Å². The molecule has 0 fully saturated rings. The Hall–Kier alpha value is -1.77. The summed E-state index contributed by atoms with van der Waals surface area (Å²) in [6.45, 7) is 1.81. The molecule has 0 heterocycles. The second kappa shape index (κ2) is 9.39. The van der Waals surface area contributed by atoms with Crippen molar-refractivity contribution in [1.29, 1.82) is 0 Å². The molecule has 0 aliphatic carbocycles. The Kier molecular flexibility index (Phi) is 7.18. The SMILES string of the molecule is CN(C)CCCCOc1ccc(Cl)cc1/C=C/c1ccccc1. The first-order chi connectivity index (χ1) is 11.1. The fourth-order valence-corrected chi connectivity index (χ4v) is 2.42. The van der Waals surface area contributed by atoms with Crippen LogP contribution in [0, 0.1) is 0 Å². The first-order valence-electron chi connectivity index (χ1n) is 7.95. The summed E-state index contributed by atoms with van der Waals surface area (Å²) in [6.07, 6.45) is 6.30. The molecule has 2 aromatic rings. The molecule has 0 spiro atoms. The van der Waals surface area contributed by atoms with Gasteiger partial charge in [0.15, 0.2) is 0 Å². The van der Waals surface area contributed by atoms with Crippen LogP contribution in [-0.4, -0.2) is 32.1 Å². The molecular weight excluding hydrogens is 306 g/mol. The zero-order valence-electron chi connectivity index (χ0n) is 13.8. The Balaban J connectivity index is 1.98. The highest BCUT2D eigenvalue weighted by Gasteiger charge is 2.02. The highest BCUT2D eigenvalue weighted by Crippen LogP contribution is 2.25. The molecule has 2 nitrogen and oxygen atoms in total. The van der Waals surface area contributed by atoms with Crippen molar-refractivity contribution < 1.29 is 4.74 Å². The van der Waals surface area contributed by atoms with Gasteiger partial charge >= 0.3 is 0 Å². The summed E-state index contributed by atoms with van der Waals surface area (Å²) in [5.41, 5.74) is 2.17. The molecule has 0 atom stereocenters. The first kappa shape index (κ1) is 17.6. The van der Waals surface area contributed by atoms with Gasteiger partial charge in [-0.15, -0.1) is 0 Å². The zero-order chi connectivity index (χ0) is 16.5. The minimum Gasteiger partial charge on any atom is -0.493 e. The maximum atomic E-state index is 6.12. The molecule has 0 aliphatic heterocycles. The van der Waals surface area contributed by atoms with Gasteiger partial charge in [0.1, 0.15) is 5.75 Å². The van der Waals surface area contributed by atoms with Crippen LogP contribution in [0.3, 0.4) is 0 Å². The molecule has 0 N–H and O–H groups in total. The van der Waals surface area contributed by atoms with Crippen molar-refractivity contribution in [2.45, 2.75) is 12.8 Å². The minimum atomic E-state index is 0.720. The van der Waals surface area contributed by atoms with Crippen LogP contribution >= 0.6 is 11.6 Å². The van der Waals surface area contributed by atoms with Gasteiger partial charge < -0.3 is 9.64 Å². The second-order valence-corrected chi connectivity index (χ2v) is 6.22. The number of rotatable bonds is 8. The Labute approximate surface area is 144 Å². The van der Waals surface area contributed by atoms with Crippen molar-refractivity contribution in [2.24, 2.45) is 0 Å². The van der Waals surface area contributed by atoms with Crippen molar-refractivity contribution in [1.82, 2.24) is 4.90 Å². The number of hydrogen-bond donors (Lipinski definition) is 0. The Bertz CT molecular complexity index is 623. The lowest BCUT2D eigenvalue weighted by atomic mass is 10.1. The first-order valence-corrected chi connectivity index (χ1v) is 8.33. The van der Waals surface area contributed by atoms with Gasteiger partial charge in [-0.1, -0.05) is 54.1 Å². The molecule has 0 saturated carbocycles. The summed E-state index contributed by atoms with van der Waals surface area (Å²) in [4.78, 5) is 2.19. The van der Waals surface area contributed by atoms with E-state index in [2.05, 4.69) is 43.3 Å². The van der Waals surface area contributed by atoms with Crippen LogP contribution < -0.4 is 4.74 Å². The standard InChI is InChI=1S/C20H24ClNO/c1-22(2)14-6-7-15-23-20-13-12-19(21)16-18(20)11-10-17-8-4-3-5-9-17/h3-5,8-13,16H,6-7,14-15H2,1-2H3/b11-10+. The van der Waals surface area contributed by atoms with E-state index >= 15 is 0 Å². The van der Waals surface area contributed by atoms with Crippen molar-refractivity contribution >= 4 is 23.8 Å². The maximum absolute atomic E-state index is 6.12. The van der Waals surface area contributed by atoms with E-state index in [1.807, 2.05) is 36.4 Å². The summed E-state index contributed by atoms with van der Waals surface area (Å²) in [5.74, 6) is 0.881. The van der Waals surface area contributed by atoms with Crippen LogP contribution in [0.4, 0.5) is 0 Å². The molecule has 2 aromatic carbocycles. The lowest BCUT2D eigenvalue weighted by molar-refractivity contribution is 0.292. The number of hydrogen-bond acceptors (Lipinski definition) is 2. The maximum Gasteiger partial charge on any atom is 0.126 e. The lowest BCUT2D eigenvalue weighted by Crippen LogP contribution is -2.13. The average Bonchev–Trinajstić information content (AvgIpc) is 2.55. The van der Waals surface area contributed by atoms with E-state index in [0.717, 1.165) is 47.9 Å². The van der Waals surface area contributed by atoms with Crippen LogP contribution in [0.15, 0.2) is 48.5 Å². The van der Waals surface area contributed by atoms with Gasteiger partial charge in [-0.3, -0.25) is 0 Å². The largest absolute Gasteiger partial charge is 0.493 e. The zero-order valence-corrected chi connectivity index (χ0v) is 14.6. The van der Waals surface area contributed by atoms with Gasteiger partial charge in [0.2, 0.25) is 0 Å². The molecule has 0 aromatic heterocycles. The number of unbranched alkanes of at least 4 members (excludes halogenated alkanes) is 1. The lowest BCUT2D eigenvalue weighted by Gasteiger charge is -2.11. The van der Waals surface area contributed by atoms with Gasteiger partial charge in [-0.25, -0.2) is 0 Å². The van der Waals surface area contributed by atoms with Crippen LogP contribution in [0.2, 0.25) is 5.02 Å². The van der Waals surface area contributed by atoms with Crippen LogP contribution in [0.5, 0.6) is 5.75 Å². The fraction of sp³-hybridized carbons (Fsp3) is 0.300. The summed E-state index contributed by atoms with van der Waals surface area (Å²) in [5, 5.41) is 0.720. The number of benzene rings is 2. The Morgan fingerprint density at radius 1 is 1.00 bits per heavy atom. The van der Waals surface area contributed by atoms with Gasteiger partial charge in [0.05, 0.1) is 6.61 Å². The van der Waals surface area contributed by atoms with Gasteiger partial charge in [0.25, 0.3) is 0 Å². The highest BCUT2D eigenvalue weighted by atomic mass is 35.5. The molecule has 0 saturated heterocycles. The summed E-state index contributed by atoms with van der Waals surface area (Å²) < 4.78 is 5.93. The molecule has 0 radical (unpaired) electrons. The van der Waals surface area contributed by atoms with E-state index in [9.17, 15) is 0 Å². The average molecular weight is 330 g/mol. The molecule has 23 heavy (non-hydrogen) atoms. The topological polar surface area (TPSA) is 12.5 Å². The number of ether oxygens (including phenoxy) is 1. The van der Waals surface area contributed by atoms with Gasteiger partial charge in [-0.2, -0.15) is 0 Å². The van der Waals surface area contributed by atoms with Gasteiger partial charge in [-0.05, 0) is 57.2 Å². The fourth-order valence-electron chi connectivity index (χ4n) is 2.24. The normalized spacial score (nSPS) is 11.3. The molecule has 0 unspecified atom stereocenters. The predicted molar refractivity (Wildman–Crippen MR) is 100 cm³/mol. The van der Waals surface area contributed by atoms with E-state index in [0.29, 0.717) is 0 Å². The van der Waals surface area contributed by atoms with Crippen LogP contribution in [-0.2, 0) is 0 Å². The predicted octanol–water partition coefficient (Wildman–Crippen LogP) is 5.23. The summed E-state index contributed by atoms with van der Waals surface area (Å²) in [7, 11) is 4.18. The molecule has 0 aliphatic rings. The minimum absolute atomic E-state index is 0.720. The molecule has 0 amide bonds. The van der Waals surface area contributed by atoms with E-state index in [1.165, 1.54) is 0 Å². The smallest absolute Gasteiger partial charge is 0.126 e. The third kappa shape index (κ3) is 6.47. The molecule has 2 rings (SSSR count). The number of nitrogens with zero attached hydrogens (tertiary/aromatic N) is 1. The molecule has 122 valence electrons.